The van der Waals surface area contributed by atoms with Crippen LogP contribution in [0.4, 0.5) is 5.69 Å². The standard InChI is InChI=1S/C20H21N3O4S/c1-4-17(24)23-9-13-8-21-19-18(13)15(10-22(2)20(19)25)14-7-12(5-6-16(14)23)11-28(3,26)27/h5-8,10,21H,4,9,11H2,1-3H3. The average Bonchev–Trinajstić information content (AvgIpc) is 2.99. The zero-order valence-electron chi connectivity index (χ0n) is 15.9. The fraction of sp³-hybridized carbons (Fsp3) is 0.300. The van der Waals surface area contributed by atoms with Crippen molar-refractivity contribution in [2.24, 2.45) is 7.05 Å². The van der Waals surface area contributed by atoms with E-state index in [1.807, 2.05) is 6.07 Å². The Morgan fingerprint density at radius 3 is 2.68 bits per heavy atom. The van der Waals surface area contributed by atoms with E-state index in [-0.39, 0.29) is 17.2 Å². The number of hydrogen-bond donors (Lipinski definition) is 1. The quantitative estimate of drug-likeness (QED) is 0.732. The number of carbonyl (C=O) groups is 1. The van der Waals surface area contributed by atoms with Crippen molar-refractivity contribution in [3.05, 3.63) is 52.1 Å². The van der Waals surface area contributed by atoms with E-state index in [1.165, 1.54) is 10.8 Å². The summed E-state index contributed by atoms with van der Waals surface area (Å²) >= 11 is 0. The van der Waals surface area contributed by atoms with E-state index in [0.29, 0.717) is 24.0 Å². The summed E-state index contributed by atoms with van der Waals surface area (Å²) in [7, 11) is -1.53. The number of aromatic nitrogens is 2. The van der Waals surface area contributed by atoms with Crippen LogP contribution in [0.15, 0.2) is 35.4 Å². The Morgan fingerprint density at radius 2 is 2.00 bits per heavy atom. The highest BCUT2D eigenvalue weighted by molar-refractivity contribution is 7.89. The number of aryl methyl sites for hydroxylation is 1. The molecule has 0 spiro atoms. The van der Waals surface area contributed by atoms with Crippen LogP contribution in [0, 0.1) is 0 Å². The Balaban J connectivity index is 2.07. The summed E-state index contributed by atoms with van der Waals surface area (Å²) in [5.74, 6) is -0.123. The lowest BCUT2D eigenvalue weighted by molar-refractivity contribution is -0.118. The van der Waals surface area contributed by atoms with Crippen LogP contribution in [0.25, 0.3) is 22.0 Å². The molecule has 4 rings (SSSR count). The highest BCUT2D eigenvalue weighted by Gasteiger charge is 2.27. The van der Waals surface area contributed by atoms with Crippen molar-refractivity contribution in [3.8, 4) is 11.1 Å². The van der Waals surface area contributed by atoms with Gasteiger partial charge in [0.1, 0.15) is 5.52 Å². The van der Waals surface area contributed by atoms with Crippen molar-refractivity contribution in [1.29, 1.82) is 0 Å². The van der Waals surface area contributed by atoms with E-state index in [2.05, 4.69) is 4.98 Å². The number of benzene rings is 1. The minimum atomic E-state index is -3.21. The Kier molecular flexibility index (Phi) is 4.19. The fourth-order valence-corrected chi connectivity index (χ4v) is 4.64. The number of amides is 1. The summed E-state index contributed by atoms with van der Waals surface area (Å²) in [5, 5.41) is 0.784. The molecule has 7 nitrogen and oxygen atoms in total. The predicted molar refractivity (Wildman–Crippen MR) is 109 cm³/mol. The number of carbonyl (C=O) groups excluding carboxylic acids is 1. The van der Waals surface area contributed by atoms with E-state index in [4.69, 9.17) is 0 Å². The number of nitrogens with zero attached hydrogens (tertiary/aromatic N) is 2. The van der Waals surface area contributed by atoms with Gasteiger partial charge in [0.2, 0.25) is 5.91 Å². The third kappa shape index (κ3) is 2.93. The number of rotatable bonds is 3. The second-order valence-electron chi connectivity index (χ2n) is 7.28. The zero-order chi connectivity index (χ0) is 20.2. The van der Waals surface area contributed by atoms with Gasteiger partial charge in [-0.25, -0.2) is 8.42 Å². The molecule has 0 atom stereocenters. The largest absolute Gasteiger partial charge is 0.356 e. The molecule has 0 unspecified atom stereocenters. The van der Waals surface area contributed by atoms with Gasteiger partial charge in [0, 0.05) is 48.6 Å². The van der Waals surface area contributed by atoms with Crippen LogP contribution >= 0.6 is 0 Å². The summed E-state index contributed by atoms with van der Waals surface area (Å²) in [6.45, 7) is 2.16. The molecule has 2 aromatic heterocycles. The molecule has 1 aliphatic heterocycles. The summed E-state index contributed by atoms with van der Waals surface area (Å²) in [5.41, 5.74) is 4.14. The van der Waals surface area contributed by atoms with Crippen LogP contribution in [0.3, 0.4) is 0 Å². The van der Waals surface area contributed by atoms with E-state index in [9.17, 15) is 18.0 Å². The lowest BCUT2D eigenvalue weighted by atomic mass is 9.99. The van der Waals surface area contributed by atoms with E-state index >= 15 is 0 Å². The monoisotopic (exact) mass is 399 g/mol. The van der Waals surface area contributed by atoms with Gasteiger partial charge in [-0.2, -0.15) is 0 Å². The molecule has 146 valence electrons. The highest BCUT2D eigenvalue weighted by atomic mass is 32.2. The Morgan fingerprint density at radius 1 is 1.25 bits per heavy atom. The molecule has 3 heterocycles. The maximum Gasteiger partial charge on any atom is 0.274 e. The predicted octanol–water partition coefficient (Wildman–Crippen LogP) is 2.33. The molecule has 8 heteroatoms. The summed E-state index contributed by atoms with van der Waals surface area (Å²) in [6.07, 6.45) is 5.06. The molecule has 0 fully saturated rings. The molecular formula is C20H21N3O4S. The maximum atomic E-state index is 12.7. The minimum absolute atomic E-state index is 0.0361. The van der Waals surface area contributed by atoms with Crippen LogP contribution in [-0.2, 0) is 34.0 Å². The summed E-state index contributed by atoms with van der Waals surface area (Å²) < 4.78 is 25.1. The average molecular weight is 399 g/mol. The smallest absolute Gasteiger partial charge is 0.274 e. The third-order valence-electron chi connectivity index (χ3n) is 5.09. The van der Waals surface area contributed by atoms with Crippen LogP contribution < -0.4 is 10.5 Å². The first kappa shape index (κ1) is 18.5. The van der Waals surface area contributed by atoms with Crippen LogP contribution in [0.1, 0.15) is 24.5 Å². The van der Waals surface area contributed by atoms with Crippen molar-refractivity contribution < 1.29 is 13.2 Å². The maximum absolute atomic E-state index is 12.7. The summed E-state index contributed by atoms with van der Waals surface area (Å²) in [4.78, 5) is 30.0. The van der Waals surface area contributed by atoms with Crippen molar-refractivity contribution >= 4 is 32.3 Å². The van der Waals surface area contributed by atoms with E-state index in [1.54, 1.807) is 43.4 Å². The van der Waals surface area contributed by atoms with Gasteiger partial charge in [0.25, 0.3) is 5.56 Å². The number of aromatic amines is 1. The van der Waals surface area contributed by atoms with E-state index in [0.717, 1.165) is 27.8 Å². The van der Waals surface area contributed by atoms with Crippen LogP contribution in [-0.4, -0.2) is 30.1 Å². The Hall–Kier alpha value is -2.87. The molecule has 0 aliphatic carbocycles. The van der Waals surface area contributed by atoms with Crippen LogP contribution in [0.5, 0.6) is 0 Å². The molecule has 0 bridgehead atoms. The molecular weight excluding hydrogens is 378 g/mol. The van der Waals surface area contributed by atoms with Crippen molar-refractivity contribution in [3.63, 3.8) is 0 Å². The molecule has 1 amide bonds. The topological polar surface area (TPSA) is 92.2 Å². The molecule has 1 aromatic carbocycles. The second-order valence-corrected chi connectivity index (χ2v) is 9.42. The van der Waals surface area contributed by atoms with E-state index < -0.39 is 9.84 Å². The first-order valence-electron chi connectivity index (χ1n) is 9.00. The van der Waals surface area contributed by atoms with Crippen molar-refractivity contribution in [2.45, 2.75) is 25.6 Å². The third-order valence-corrected chi connectivity index (χ3v) is 5.95. The first-order valence-corrected chi connectivity index (χ1v) is 11.1. The molecule has 28 heavy (non-hydrogen) atoms. The molecule has 0 saturated carbocycles. The van der Waals surface area contributed by atoms with Gasteiger partial charge in [-0.15, -0.1) is 0 Å². The highest BCUT2D eigenvalue weighted by Crippen LogP contribution is 2.41. The lowest BCUT2D eigenvalue weighted by Gasteiger charge is -2.23. The summed E-state index contributed by atoms with van der Waals surface area (Å²) in [6, 6.07) is 5.36. The molecule has 1 aliphatic rings. The van der Waals surface area contributed by atoms with Gasteiger partial charge in [-0.3, -0.25) is 9.59 Å². The van der Waals surface area contributed by atoms with Crippen LogP contribution in [0.2, 0.25) is 0 Å². The zero-order valence-corrected chi connectivity index (χ0v) is 16.8. The Bertz CT molecular complexity index is 1280. The van der Waals surface area contributed by atoms with Gasteiger partial charge < -0.3 is 14.5 Å². The molecule has 1 N–H and O–H groups in total. The van der Waals surface area contributed by atoms with Gasteiger partial charge in [-0.1, -0.05) is 13.0 Å². The lowest BCUT2D eigenvalue weighted by Crippen LogP contribution is -2.29. The van der Waals surface area contributed by atoms with Gasteiger partial charge in [0.15, 0.2) is 9.84 Å². The minimum Gasteiger partial charge on any atom is -0.356 e. The Labute approximate surface area is 162 Å². The van der Waals surface area contributed by atoms with Crippen molar-refractivity contribution in [1.82, 2.24) is 9.55 Å². The number of pyridine rings is 1. The van der Waals surface area contributed by atoms with Gasteiger partial charge in [-0.05, 0) is 23.3 Å². The molecule has 0 saturated heterocycles. The SMILES string of the molecule is CCC(=O)N1Cc2c[nH]c3c(=O)n(C)cc(c23)-c2cc(CS(C)(=O)=O)ccc21. The van der Waals surface area contributed by atoms with Crippen molar-refractivity contribution in [2.75, 3.05) is 11.2 Å². The number of anilines is 1. The molecule has 3 aromatic rings. The second kappa shape index (κ2) is 6.34. The molecule has 0 radical (unpaired) electrons. The first-order chi connectivity index (χ1) is 13.2. The number of H-pyrrole nitrogens is 1. The number of sulfone groups is 1. The number of hydrogen-bond acceptors (Lipinski definition) is 4. The fourth-order valence-electron chi connectivity index (χ4n) is 3.86. The van der Waals surface area contributed by atoms with Gasteiger partial charge >= 0.3 is 0 Å². The number of fused-ring (bicyclic) bond motifs is 2. The normalized spacial score (nSPS) is 13.5. The van der Waals surface area contributed by atoms with Gasteiger partial charge in [0.05, 0.1) is 18.0 Å². The number of nitrogens with one attached hydrogen (secondary N) is 1.